The van der Waals surface area contributed by atoms with Crippen molar-refractivity contribution in [2.24, 2.45) is 0 Å². The van der Waals surface area contributed by atoms with Gasteiger partial charge in [0.25, 0.3) is 10.0 Å². The number of carbonyl (C=O) groups is 2. The van der Waals surface area contributed by atoms with Crippen LogP contribution >= 0.6 is 0 Å². The Morgan fingerprint density at radius 1 is 1.07 bits per heavy atom. The molecular weight excluding hydrogens is 417 g/mol. The smallest absolute Gasteiger partial charge is 0.343 e. The Balaban J connectivity index is 1.96. The van der Waals surface area contributed by atoms with Gasteiger partial charge in [-0.2, -0.15) is 0 Å². The molecule has 0 bridgehead atoms. The van der Waals surface area contributed by atoms with Gasteiger partial charge >= 0.3 is 11.9 Å². The van der Waals surface area contributed by atoms with Gasteiger partial charge in [-0.25, -0.2) is 22.4 Å². The van der Waals surface area contributed by atoms with Crippen LogP contribution < -0.4 is 9.46 Å². The zero-order valence-corrected chi connectivity index (χ0v) is 16.4. The monoisotopic (exact) mass is 433 g/mol. The molecule has 156 valence electrons. The summed E-state index contributed by atoms with van der Waals surface area (Å²) < 4.78 is 51.7. The summed E-state index contributed by atoms with van der Waals surface area (Å²) in [6.07, 6.45) is 0. The molecule has 0 radical (unpaired) electrons. The minimum Gasteiger partial charge on any atom is -0.481 e. The van der Waals surface area contributed by atoms with Gasteiger partial charge in [0.05, 0.1) is 23.3 Å². The van der Waals surface area contributed by atoms with E-state index in [1.807, 2.05) is 0 Å². The largest absolute Gasteiger partial charge is 0.481 e. The molecule has 0 aliphatic carbocycles. The molecule has 0 atom stereocenters. The number of anilines is 1. The van der Waals surface area contributed by atoms with Gasteiger partial charge in [-0.05, 0) is 30.3 Å². The van der Waals surface area contributed by atoms with Crippen molar-refractivity contribution in [1.82, 2.24) is 0 Å². The van der Waals surface area contributed by atoms with E-state index in [2.05, 4.69) is 9.46 Å². The standard InChI is InChI=1S/C20H16FNO7S/c1-28-19(23)11-29-18-9-8-17(13-4-2-3-5-14(13)18)22-30(26,27)12-6-7-15(20(24)25)16(21)10-12/h2-10,22H,11H2,1H3,(H,24,25). The molecular formula is C20H16FNO7S. The molecule has 0 heterocycles. The molecule has 2 N–H and O–H groups in total. The van der Waals surface area contributed by atoms with Crippen LogP contribution in [0.2, 0.25) is 0 Å². The first-order chi connectivity index (χ1) is 14.2. The highest BCUT2D eigenvalue weighted by atomic mass is 32.2. The quantitative estimate of drug-likeness (QED) is 0.550. The average molecular weight is 433 g/mol. The summed E-state index contributed by atoms with van der Waals surface area (Å²) in [5, 5.41) is 9.90. The molecule has 0 unspecified atom stereocenters. The Kier molecular flexibility index (Phi) is 5.88. The molecule has 0 saturated heterocycles. The minimum atomic E-state index is -4.21. The fourth-order valence-corrected chi connectivity index (χ4v) is 3.81. The van der Waals surface area contributed by atoms with Crippen LogP contribution in [0.3, 0.4) is 0 Å². The van der Waals surface area contributed by atoms with Crippen LogP contribution in [0.1, 0.15) is 10.4 Å². The van der Waals surface area contributed by atoms with Crippen LogP contribution in [0.5, 0.6) is 5.75 Å². The lowest BCUT2D eigenvalue weighted by Gasteiger charge is -2.14. The van der Waals surface area contributed by atoms with Gasteiger partial charge in [0.1, 0.15) is 11.6 Å². The van der Waals surface area contributed by atoms with E-state index in [0.717, 1.165) is 12.1 Å². The van der Waals surface area contributed by atoms with Gasteiger partial charge in [-0.3, -0.25) is 4.72 Å². The van der Waals surface area contributed by atoms with Crippen LogP contribution in [0.25, 0.3) is 10.8 Å². The molecule has 30 heavy (non-hydrogen) atoms. The van der Waals surface area contributed by atoms with E-state index < -0.39 is 38.2 Å². The molecule has 0 spiro atoms. The SMILES string of the molecule is COC(=O)COc1ccc(NS(=O)(=O)c2ccc(C(=O)O)c(F)c2)c2ccccc12. The van der Waals surface area contributed by atoms with Crippen molar-refractivity contribution < 1.29 is 37.0 Å². The van der Waals surface area contributed by atoms with E-state index in [1.165, 1.54) is 19.2 Å². The molecule has 0 saturated carbocycles. The number of halogens is 1. The number of ether oxygens (including phenoxy) is 2. The number of fused-ring (bicyclic) bond motifs is 1. The lowest BCUT2D eigenvalue weighted by Crippen LogP contribution is -2.15. The van der Waals surface area contributed by atoms with E-state index in [1.54, 1.807) is 24.3 Å². The first-order valence-electron chi connectivity index (χ1n) is 8.50. The van der Waals surface area contributed by atoms with Gasteiger partial charge < -0.3 is 14.6 Å². The number of carboxylic acid groups (broad SMARTS) is 1. The van der Waals surface area contributed by atoms with Crippen molar-refractivity contribution in [3.8, 4) is 5.75 Å². The summed E-state index contributed by atoms with van der Waals surface area (Å²) >= 11 is 0. The van der Waals surface area contributed by atoms with Gasteiger partial charge in [0, 0.05) is 10.8 Å². The molecule has 0 aliphatic rings. The van der Waals surface area contributed by atoms with E-state index in [4.69, 9.17) is 9.84 Å². The van der Waals surface area contributed by atoms with Crippen LogP contribution in [0, 0.1) is 5.82 Å². The van der Waals surface area contributed by atoms with Crippen LogP contribution in [0.4, 0.5) is 10.1 Å². The number of rotatable bonds is 7. The van der Waals surface area contributed by atoms with Crippen molar-refractivity contribution >= 4 is 38.4 Å². The second-order valence-electron chi connectivity index (χ2n) is 6.07. The molecule has 0 aromatic heterocycles. The predicted octanol–water partition coefficient (Wildman–Crippen LogP) is 3.03. The Labute approximate surface area is 170 Å². The molecule has 0 aliphatic heterocycles. The molecule has 3 aromatic carbocycles. The Hall–Kier alpha value is -3.66. The van der Waals surface area contributed by atoms with Crippen molar-refractivity contribution in [3.05, 3.63) is 66.0 Å². The number of carbonyl (C=O) groups excluding carboxylic acids is 1. The van der Waals surface area contributed by atoms with Gasteiger partial charge in [-0.1, -0.05) is 24.3 Å². The number of carboxylic acids is 1. The third kappa shape index (κ3) is 4.33. The number of hydrogen-bond donors (Lipinski definition) is 2. The molecule has 10 heteroatoms. The van der Waals surface area contributed by atoms with E-state index in [9.17, 15) is 22.4 Å². The average Bonchev–Trinajstić information content (AvgIpc) is 2.72. The van der Waals surface area contributed by atoms with Gasteiger partial charge in [0.15, 0.2) is 6.61 Å². The normalized spacial score (nSPS) is 11.1. The maximum Gasteiger partial charge on any atom is 0.343 e. The third-order valence-electron chi connectivity index (χ3n) is 4.18. The van der Waals surface area contributed by atoms with Crippen molar-refractivity contribution in [2.45, 2.75) is 4.90 Å². The second-order valence-corrected chi connectivity index (χ2v) is 7.76. The van der Waals surface area contributed by atoms with E-state index in [-0.39, 0.29) is 12.3 Å². The second kappa shape index (κ2) is 8.37. The predicted molar refractivity (Wildman–Crippen MR) is 106 cm³/mol. The van der Waals surface area contributed by atoms with E-state index in [0.29, 0.717) is 22.6 Å². The summed E-state index contributed by atoms with van der Waals surface area (Å²) in [5.41, 5.74) is -0.440. The summed E-state index contributed by atoms with van der Waals surface area (Å²) in [6.45, 7) is -0.319. The summed E-state index contributed by atoms with van der Waals surface area (Å²) in [5.74, 6) is -2.90. The topological polar surface area (TPSA) is 119 Å². The molecule has 8 nitrogen and oxygen atoms in total. The number of methoxy groups -OCH3 is 1. The number of aromatic carboxylic acids is 1. The fraction of sp³-hybridized carbons (Fsp3) is 0.100. The van der Waals surface area contributed by atoms with Crippen LogP contribution in [-0.2, 0) is 19.6 Å². The van der Waals surface area contributed by atoms with Crippen molar-refractivity contribution in [1.29, 1.82) is 0 Å². The van der Waals surface area contributed by atoms with Crippen LogP contribution in [0.15, 0.2) is 59.5 Å². The fourth-order valence-electron chi connectivity index (χ4n) is 2.72. The number of nitrogens with one attached hydrogen (secondary N) is 1. The molecule has 0 amide bonds. The van der Waals surface area contributed by atoms with Crippen molar-refractivity contribution in [3.63, 3.8) is 0 Å². The van der Waals surface area contributed by atoms with Crippen LogP contribution in [-0.4, -0.2) is 39.2 Å². The number of esters is 1. The number of hydrogen-bond acceptors (Lipinski definition) is 6. The third-order valence-corrected chi connectivity index (χ3v) is 5.55. The summed E-state index contributed by atoms with van der Waals surface area (Å²) in [6, 6.07) is 12.2. The molecule has 3 rings (SSSR count). The maximum atomic E-state index is 13.9. The minimum absolute atomic E-state index is 0.193. The maximum absolute atomic E-state index is 13.9. The summed E-state index contributed by atoms with van der Waals surface area (Å²) in [4.78, 5) is 21.8. The number of sulfonamides is 1. The highest BCUT2D eigenvalue weighted by Gasteiger charge is 2.20. The summed E-state index contributed by atoms with van der Waals surface area (Å²) in [7, 11) is -2.98. The zero-order valence-electron chi connectivity index (χ0n) is 15.6. The highest BCUT2D eigenvalue weighted by molar-refractivity contribution is 7.92. The van der Waals surface area contributed by atoms with Crippen molar-refractivity contribution in [2.75, 3.05) is 18.4 Å². The zero-order chi connectivity index (χ0) is 21.9. The Morgan fingerprint density at radius 2 is 1.77 bits per heavy atom. The lowest BCUT2D eigenvalue weighted by atomic mass is 10.1. The van der Waals surface area contributed by atoms with E-state index >= 15 is 0 Å². The Bertz CT molecular complexity index is 1240. The van der Waals surface area contributed by atoms with Gasteiger partial charge in [-0.15, -0.1) is 0 Å². The first kappa shape index (κ1) is 21.1. The first-order valence-corrected chi connectivity index (χ1v) is 9.98. The van der Waals surface area contributed by atoms with Gasteiger partial charge in [0.2, 0.25) is 0 Å². The number of benzene rings is 3. The Morgan fingerprint density at radius 3 is 2.40 bits per heavy atom. The lowest BCUT2D eigenvalue weighted by molar-refractivity contribution is -0.142. The molecule has 0 fully saturated rings. The molecule has 3 aromatic rings. The highest BCUT2D eigenvalue weighted by Crippen LogP contribution is 2.33.